The van der Waals surface area contributed by atoms with Gasteiger partial charge in [0, 0.05) is 0 Å². The van der Waals surface area contributed by atoms with Gasteiger partial charge in [-0.25, -0.2) is 0 Å². The molecule has 0 rings (SSSR count). The summed E-state index contributed by atoms with van der Waals surface area (Å²) in [5.41, 5.74) is 0. The third kappa shape index (κ3) is 15.7. The van der Waals surface area contributed by atoms with Crippen molar-refractivity contribution in [2.75, 3.05) is 13.2 Å². The molecule has 26 heavy (non-hydrogen) atoms. The first-order valence-electron chi connectivity index (χ1n) is 12.0. The van der Waals surface area contributed by atoms with E-state index < -0.39 is 19.2 Å². The summed E-state index contributed by atoms with van der Waals surface area (Å²) < 4.78 is 15.7. The summed E-state index contributed by atoms with van der Waals surface area (Å²) in [5.74, 6) is 0. The van der Waals surface area contributed by atoms with Crippen molar-refractivity contribution in [3.8, 4) is 0 Å². The molecule has 0 aliphatic carbocycles. The van der Waals surface area contributed by atoms with E-state index in [4.69, 9.17) is 6.15 Å². The average Bonchev–Trinajstić information content (AvgIpc) is 2.65. The van der Waals surface area contributed by atoms with Gasteiger partial charge in [0.05, 0.1) is 0 Å². The van der Waals surface area contributed by atoms with E-state index in [1.54, 1.807) is 0 Å². The van der Waals surface area contributed by atoms with Crippen LogP contribution in [0.4, 0.5) is 0 Å². The molecule has 0 heterocycles. The van der Waals surface area contributed by atoms with Crippen LogP contribution in [0.1, 0.15) is 124 Å². The molecule has 0 fully saturated rings. The van der Waals surface area contributed by atoms with Gasteiger partial charge in [0.25, 0.3) is 0 Å². The van der Waals surface area contributed by atoms with E-state index in [1.165, 1.54) is 105 Å². The topological polar surface area (TPSA) is 18.5 Å². The molecule has 0 aromatic carbocycles. The second kappa shape index (κ2) is 20.5. The molecule has 0 saturated heterocycles. The van der Waals surface area contributed by atoms with Gasteiger partial charge in [0.1, 0.15) is 0 Å². The first-order chi connectivity index (χ1) is 12.7. The number of rotatable bonds is 21. The zero-order valence-electron chi connectivity index (χ0n) is 18.8. The maximum atomic E-state index is 6.61. The third-order valence-corrected chi connectivity index (χ3v) is 16.2. The van der Waals surface area contributed by atoms with Crippen LogP contribution < -0.4 is 0 Å². The van der Waals surface area contributed by atoms with E-state index >= 15 is 0 Å². The van der Waals surface area contributed by atoms with Crippen LogP contribution in [0.25, 0.3) is 0 Å². The van der Waals surface area contributed by atoms with Crippen molar-refractivity contribution >= 4 is 19.2 Å². The average molecular weight is 477 g/mol. The molecule has 0 aliphatic rings. The first-order valence-corrected chi connectivity index (χ1v) is 18.4. The molecule has 0 aromatic rings. The molecular formula is C23H50O2Sn. The normalized spacial score (nSPS) is 12.0. The molecule has 0 atom stereocenters. The fraction of sp³-hybridized carbons (Fsp3) is 1.00. The van der Waals surface area contributed by atoms with Crippen LogP contribution in [0.15, 0.2) is 0 Å². The molecule has 0 bridgehead atoms. The summed E-state index contributed by atoms with van der Waals surface area (Å²) in [6.07, 6.45) is 19.9. The summed E-state index contributed by atoms with van der Waals surface area (Å²) in [4.78, 5) is 0. The Morgan fingerprint density at radius 3 is 1.27 bits per heavy atom. The van der Waals surface area contributed by atoms with Crippen molar-refractivity contribution in [2.45, 2.75) is 133 Å². The predicted octanol–water partition coefficient (Wildman–Crippen LogP) is 8.39. The molecule has 0 aliphatic heterocycles. The Bertz CT molecular complexity index is 253. The van der Waals surface area contributed by atoms with Crippen LogP contribution in [0.3, 0.4) is 0 Å². The van der Waals surface area contributed by atoms with Gasteiger partial charge in [-0.05, 0) is 0 Å². The van der Waals surface area contributed by atoms with Crippen molar-refractivity contribution in [1.82, 2.24) is 0 Å². The van der Waals surface area contributed by atoms with Crippen molar-refractivity contribution in [3.05, 3.63) is 0 Å². The molecular weight excluding hydrogens is 427 g/mol. The molecule has 0 amide bonds. The Balaban J connectivity index is 4.18. The SMILES string of the molecule is CCCCCCCC[O][Sn]([CH2]CC)([CH2]CCC)[O]CCCCCCCC. The van der Waals surface area contributed by atoms with E-state index in [0.717, 1.165) is 13.2 Å². The monoisotopic (exact) mass is 478 g/mol. The summed E-state index contributed by atoms with van der Waals surface area (Å²) >= 11 is -2.82. The van der Waals surface area contributed by atoms with Crippen molar-refractivity contribution in [2.24, 2.45) is 0 Å². The Kier molecular flexibility index (Phi) is 21.0. The van der Waals surface area contributed by atoms with Crippen LogP contribution >= 0.6 is 0 Å². The molecule has 0 spiro atoms. The first kappa shape index (κ1) is 26.7. The summed E-state index contributed by atoms with van der Waals surface area (Å²) in [5, 5.41) is 0. The zero-order valence-corrected chi connectivity index (χ0v) is 21.6. The van der Waals surface area contributed by atoms with E-state index in [9.17, 15) is 0 Å². The Morgan fingerprint density at radius 2 is 0.846 bits per heavy atom. The Morgan fingerprint density at radius 1 is 0.423 bits per heavy atom. The number of hydrogen-bond acceptors (Lipinski definition) is 2. The Labute approximate surface area is 171 Å². The molecule has 0 saturated carbocycles. The van der Waals surface area contributed by atoms with E-state index in [1.807, 2.05) is 0 Å². The zero-order chi connectivity index (χ0) is 19.3. The van der Waals surface area contributed by atoms with E-state index in [2.05, 4.69) is 27.7 Å². The van der Waals surface area contributed by atoms with Crippen LogP contribution in [0.5, 0.6) is 0 Å². The fourth-order valence-corrected chi connectivity index (χ4v) is 13.8. The van der Waals surface area contributed by atoms with Gasteiger partial charge < -0.3 is 0 Å². The van der Waals surface area contributed by atoms with Gasteiger partial charge in [-0.15, -0.1) is 0 Å². The van der Waals surface area contributed by atoms with Gasteiger partial charge >= 0.3 is 171 Å². The quantitative estimate of drug-likeness (QED) is 0.122. The minimum atomic E-state index is -2.82. The maximum absolute atomic E-state index is 6.61. The summed E-state index contributed by atoms with van der Waals surface area (Å²) in [6.45, 7) is 11.1. The molecule has 158 valence electrons. The molecule has 0 radical (unpaired) electrons. The van der Waals surface area contributed by atoms with Crippen molar-refractivity contribution < 1.29 is 6.15 Å². The van der Waals surface area contributed by atoms with E-state index in [-0.39, 0.29) is 0 Å². The van der Waals surface area contributed by atoms with Crippen LogP contribution in [0.2, 0.25) is 8.87 Å². The van der Waals surface area contributed by atoms with Crippen molar-refractivity contribution in [3.63, 3.8) is 0 Å². The van der Waals surface area contributed by atoms with E-state index in [0.29, 0.717) is 0 Å². The molecule has 3 heteroatoms. The Hall–Kier alpha value is 0.719. The predicted molar refractivity (Wildman–Crippen MR) is 119 cm³/mol. The van der Waals surface area contributed by atoms with Gasteiger partial charge in [-0.1, -0.05) is 0 Å². The third-order valence-electron chi connectivity index (χ3n) is 5.27. The number of hydrogen-bond donors (Lipinski definition) is 0. The van der Waals surface area contributed by atoms with Crippen LogP contribution in [-0.2, 0) is 6.15 Å². The van der Waals surface area contributed by atoms with Gasteiger partial charge in [0.2, 0.25) is 0 Å². The standard InChI is InChI=1S/2C8H17O.C4H9.C3H7.Sn/c2*1-2-3-4-5-6-7-8-9;1-3-4-2;1-3-2;/h2*2-8H2,1H3;1,3-4H2,2H3;1,3H2,2H3;/q2*-1;;;+2. The summed E-state index contributed by atoms with van der Waals surface area (Å²) in [7, 11) is 0. The molecule has 2 nitrogen and oxygen atoms in total. The summed E-state index contributed by atoms with van der Waals surface area (Å²) in [6, 6.07) is 0. The molecule has 0 N–H and O–H groups in total. The molecule has 0 unspecified atom stereocenters. The van der Waals surface area contributed by atoms with Gasteiger partial charge in [0.15, 0.2) is 0 Å². The van der Waals surface area contributed by atoms with Crippen LogP contribution in [0, 0.1) is 0 Å². The van der Waals surface area contributed by atoms with Gasteiger partial charge in [-0.3, -0.25) is 0 Å². The number of unbranched alkanes of at least 4 members (excludes halogenated alkanes) is 11. The van der Waals surface area contributed by atoms with Crippen LogP contribution in [-0.4, -0.2) is 32.4 Å². The fourth-order valence-electron chi connectivity index (χ4n) is 3.56. The molecule has 0 aromatic heterocycles. The van der Waals surface area contributed by atoms with Crippen molar-refractivity contribution in [1.29, 1.82) is 0 Å². The second-order valence-corrected chi connectivity index (χ2v) is 17.7. The second-order valence-electron chi connectivity index (χ2n) is 8.00. The van der Waals surface area contributed by atoms with Gasteiger partial charge in [-0.2, -0.15) is 0 Å². The minimum absolute atomic E-state index is 0.961.